The smallest absolute Gasteiger partial charge is 0.237 e. The van der Waals surface area contributed by atoms with E-state index in [0.717, 1.165) is 11.1 Å². The number of carbonyl (C=O) groups excluding carboxylic acids is 1. The molecule has 1 amide bonds. The first-order valence-corrected chi connectivity index (χ1v) is 6.78. The molecule has 0 aliphatic heterocycles. The number of nitrogens with one attached hydrogen (secondary N) is 1. The van der Waals surface area contributed by atoms with Crippen molar-refractivity contribution in [1.29, 1.82) is 0 Å². The van der Waals surface area contributed by atoms with Crippen LogP contribution in [0.1, 0.15) is 11.1 Å². The summed E-state index contributed by atoms with van der Waals surface area (Å²) in [5.74, 6) is -0.106. The van der Waals surface area contributed by atoms with Crippen molar-refractivity contribution < 1.29 is 4.79 Å². The van der Waals surface area contributed by atoms with Crippen molar-refractivity contribution in [2.24, 2.45) is 5.73 Å². The maximum absolute atomic E-state index is 11.8. The summed E-state index contributed by atoms with van der Waals surface area (Å²) in [6.45, 7) is 0.546. The zero-order valence-electron chi connectivity index (χ0n) is 10.0. The Balaban J connectivity index is 1.82. The summed E-state index contributed by atoms with van der Waals surface area (Å²) in [7, 11) is 0. The molecule has 0 radical (unpaired) electrons. The molecule has 1 atom stereocenters. The van der Waals surface area contributed by atoms with Crippen LogP contribution in [0, 0.1) is 0 Å². The van der Waals surface area contributed by atoms with Crippen LogP contribution in [0.3, 0.4) is 0 Å². The Morgan fingerprint density at radius 2 is 2.00 bits per heavy atom. The maximum atomic E-state index is 11.8. The van der Waals surface area contributed by atoms with E-state index in [2.05, 4.69) is 5.32 Å². The predicted octanol–water partition coefficient (Wildman–Crippen LogP) is 1.93. The van der Waals surface area contributed by atoms with Crippen LogP contribution in [-0.4, -0.2) is 11.9 Å². The van der Waals surface area contributed by atoms with Crippen molar-refractivity contribution >= 4 is 17.2 Å². The molecular weight excluding hydrogens is 244 g/mol. The van der Waals surface area contributed by atoms with E-state index in [1.807, 2.05) is 47.2 Å². The van der Waals surface area contributed by atoms with Crippen LogP contribution in [0.4, 0.5) is 0 Å². The summed E-state index contributed by atoms with van der Waals surface area (Å²) in [5.41, 5.74) is 8.07. The Hall–Kier alpha value is -1.65. The van der Waals surface area contributed by atoms with E-state index < -0.39 is 6.04 Å². The van der Waals surface area contributed by atoms with Crippen LogP contribution >= 0.6 is 11.3 Å². The average Bonchev–Trinajstić information content (AvgIpc) is 2.90. The van der Waals surface area contributed by atoms with Crippen LogP contribution < -0.4 is 11.1 Å². The molecule has 0 spiro atoms. The second-order valence-electron chi connectivity index (χ2n) is 4.15. The number of nitrogens with two attached hydrogens (primary N) is 1. The van der Waals surface area contributed by atoms with Gasteiger partial charge in [-0.05, 0) is 34.4 Å². The van der Waals surface area contributed by atoms with Gasteiger partial charge in [0.25, 0.3) is 0 Å². The molecule has 3 N–H and O–H groups in total. The number of hydrogen-bond donors (Lipinski definition) is 2. The maximum Gasteiger partial charge on any atom is 0.237 e. The van der Waals surface area contributed by atoms with Gasteiger partial charge in [-0.3, -0.25) is 4.79 Å². The second kappa shape index (κ2) is 6.33. The highest BCUT2D eigenvalue weighted by Gasteiger charge is 2.13. The van der Waals surface area contributed by atoms with E-state index >= 15 is 0 Å². The Morgan fingerprint density at radius 1 is 1.22 bits per heavy atom. The van der Waals surface area contributed by atoms with Crippen molar-refractivity contribution in [2.45, 2.75) is 19.0 Å². The first-order valence-electron chi connectivity index (χ1n) is 5.84. The molecule has 0 saturated heterocycles. The summed E-state index contributed by atoms with van der Waals surface area (Å²) >= 11 is 1.62. The van der Waals surface area contributed by atoms with E-state index in [1.165, 1.54) is 0 Å². The van der Waals surface area contributed by atoms with E-state index in [9.17, 15) is 4.79 Å². The lowest BCUT2D eigenvalue weighted by Gasteiger charge is -2.11. The number of benzene rings is 1. The van der Waals surface area contributed by atoms with Crippen LogP contribution in [0.15, 0.2) is 47.2 Å². The molecule has 18 heavy (non-hydrogen) atoms. The van der Waals surface area contributed by atoms with Crippen LogP contribution in [0.25, 0.3) is 0 Å². The van der Waals surface area contributed by atoms with E-state index in [0.29, 0.717) is 13.0 Å². The lowest BCUT2D eigenvalue weighted by atomic mass is 10.1. The third kappa shape index (κ3) is 3.68. The van der Waals surface area contributed by atoms with Gasteiger partial charge in [0.1, 0.15) is 0 Å². The SMILES string of the molecule is N[C@H](Cc1ccccc1)C(=O)NCc1ccsc1. The molecule has 1 aromatic carbocycles. The fourth-order valence-electron chi connectivity index (χ4n) is 1.67. The Labute approximate surface area is 111 Å². The molecule has 1 heterocycles. The van der Waals surface area contributed by atoms with Gasteiger partial charge in [0, 0.05) is 6.54 Å². The lowest BCUT2D eigenvalue weighted by molar-refractivity contribution is -0.122. The first kappa shape index (κ1) is 12.8. The molecule has 3 nitrogen and oxygen atoms in total. The molecule has 0 saturated carbocycles. The summed E-state index contributed by atoms with van der Waals surface area (Å²) < 4.78 is 0. The topological polar surface area (TPSA) is 55.1 Å². The minimum atomic E-state index is -0.494. The highest BCUT2D eigenvalue weighted by atomic mass is 32.1. The second-order valence-corrected chi connectivity index (χ2v) is 4.93. The Kier molecular flexibility index (Phi) is 4.50. The van der Waals surface area contributed by atoms with Crippen molar-refractivity contribution in [3.63, 3.8) is 0 Å². The minimum Gasteiger partial charge on any atom is -0.351 e. The van der Waals surface area contributed by atoms with Crippen molar-refractivity contribution in [3.8, 4) is 0 Å². The molecule has 94 valence electrons. The van der Waals surface area contributed by atoms with Gasteiger partial charge in [-0.1, -0.05) is 30.3 Å². The highest BCUT2D eigenvalue weighted by Crippen LogP contribution is 2.06. The molecule has 0 fully saturated rings. The standard InChI is InChI=1S/C14H16N2OS/c15-13(8-11-4-2-1-3-5-11)14(17)16-9-12-6-7-18-10-12/h1-7,10,13H,8-9,15H2,(H,16,17)/t13-/m1/s1. The third-order valence-corrected chi connectivity index (χ3v) is 3.41. The summed E-state index contributed by atoms with van der Waals surface area (Å²) in [4.78, 5) is 11.8. The van der Waals surface area contributed by atoms with Gasteiger partial charge in [0.05, 0.1) is 6.04 Å². The van der Waals surface area contributed by atoms with E-state index in [4.69, 9.17) is 5.73 Å². The van der Waals surface area contributed by atoms with E-state index in [1.54, 1.807) is 11.3 Å². The fraction of sp³-hybridized carbons (Fsp3) is 0.214. The number of hydrogen-bond acceptors (Lipinski definition) is 3. The van der Waals surface area contributed by atoms with Crippen LogP contribution in [-0.2, 0) is 17.8 Å². The summed E-state index contributed by atoms with van der Waals surface area (Å²) in [6, 6.07) is 11.3. The fourth-order valence-corrected chi connectivity index (χ4v) is 2.34. The van der Waals surface area contributed by atoms with Gasteiger partial charge in [-0.15, -0.1) is 0 Å². The number of thiophene rings is 1. The van der Waals surface area contributed by atoms with Gasteiger partial charge in [0.2, 0.25) is 5.91 Å². The van der Waals surface area contributed by atoms with Crippen molar-refractivity contribution in [1.82, 2.24) is 5.32 Å². The number of amides is 1. The summed E-state index contributed by atoms with van der Waals surface area (Å²) in [6.07, 6.45) is 0.566. The van der Waals surface area contributed by atoms with Gasteiger partial charge in [0.15, 0.2) is 0 Å². The molecule has 0 bridgehead atoms. The van der Waals surface area contributed by atoms with Crippen LogP contribution in [0.2, 0.25) is 0 Å². The molecule has 0 aliphatic rings. The molecule has 0 aliphatic carbocycles. The molecular formula is C14H16N2OS. The van der Waals surface area contributed by atoms with Gasteiger partial charge in [-0.2, -0.15) is 11.3 Å². The van der Waals surface area contributed by atoms with Gasteiger partial charge in [-0.25, -0.2) is 0 Å². The highest BCUT2D eigenvalue weighted by molar-refractivity contribution is 7.07. The molecule has 0 unspecified atom stereocenters. The monoisotopic (exact) mass is 260 g/mol. The Bertz CT molecular complexity index is 482. The number of rotatable bonds is 5. The number of carbonyl (C=O) groups is 1. The minimum absolute atomic E-state index is 0.106. The normalized spacial score (nSPS) is 12.1. The van der Waals surface area contributed by atoms with Crippen LogP contribution in [0.5, 0.6) is 0 Å². The molecule has 2 rings (SSSR count). The van der Waals surface area contributed by atoms with Crippen molar-refractivity contribution in [3.05, 3.63) is 58.3 Å². The quantitative estimate of drug-likeness (QED) is 0.863. The van der Waals surface area contributed by atoms with Gasteiger partial charge >= 0.3 is 0 Å². The first-order chi connectivity index (χ1) is 8.75. The van der Waals surface area contributed by atoms with Gasteiger partial charge < -0.3 is 11.1 Å². The zero-order valence-corrected chi connectivity index (χ0v) is 10.8. The molecule has 1 aromatic heterocycles. The Morgan fingerprint density at radius 3 is 2.67 bits per heavy atom. The zero-order chi connectivity index (χ0) is 12.8. The largest absolute Gasteiger partial charge is 0.351 e. The predicted molar refractivity (Wildman–Crippen MR) is 74.3 cm³/mol. The third-order valence-electron chi connectivity index (χ3n) is 2.68. The molecule has 2 aromatic rings. The van der Waals surface area contributed by atoms with E-state index in [-0.39, 0.29) is 5.91 Å². The summed E-state index contributed by atoms with van der Waals surface area (Å²) in [5, 5.41) is 6.86. The average molecular weight is 260 g/mol. The van der Waals surface area contributed by atoms with Crippen molar-refractivity contribution in [2.75, 3.05) is 0 Å². The molecule has 4 heteroatoms. The lowest BCUT2D eigenvalue weighted by Crippen LogP contribution is -2.41.